The Morgan fingerprint density at radius 3 is 1.53 bits per heavy atom. The number of ether oxygens (including phenoxy) is 4. The van der Waals surface area contributed by atoms with E-state index in [0.717, 1.165) is 122 Å². The van der Waals surface area contributed by atoms with Crippen molar-refractivity contribution >= 4 is 34.0 Å². The molecule has 6 fully saturated rings. The summed E-state index contributed by atoms with van der Waals surface area (Å²) < 4.78 is 23.8. The molecule has 2 N–H and O–H groups in total. The molecule has 2 aromatic heterocycles. The summed E-state index contributed by atoms with van der Waals surface area (Å²) in [6.45, 7) is 13.0. The first kappa shape index (κ1) is 41.5. The second-order valence-electron chi connectivity index (χ2n) is 17.0. The van der Waals surface area contributed by atoms with Crippen LogP contribution in [0.4, 0.5) is 9.59 Å². The molecule has 6 aliphatic rings. The van der Waals surface area contributed by atoms with Crippen LogP contribution >= 0.6 is 0 Å². The Morgan fingerprint density at radius 1 is 0.700 bits per heavy atom. The predicted octanol–water partition coefficient (Wildman–Crippen LogP) is 8.39. The predicted molar refractivity (Wildman–Crippen MR) is 233 cm³/mol. The Kier molecular flexibility index (Phi) is 13.2. The number of pyridine rings is 2. The number of rotatable bonds is 17. The third kappa shape index (κ3) is 8.95. The van der Waals surface area contributed by atoms with Crippen LogP contribution in [-0.2, 0) is 9.47 Å². The van der Waals surface area contributed by atoms with Crippen molar-refractivity contribution in [3.8, 4) is 11.5 Å². The number of fused-ring (bicyclic) bond motifs is 8. The van der Waals surface area contributed by atoms with Crippen LogP contribution in [0, 0.1) is 23.7 Å². The number of hydrogen-bond acceptors (Lipinski definition) is 10. The minimum Gasteiger partial charge on any atom is -0.497 e. The van der Waals surface area contributed by atoms with Gasteiger partial charge in [0.1, 0.15) is 23.7 Å². The van der Waals surface area contributed by atoms with Crippen LogP contribution in [0.5, 0.6) is 11.5 Å². The number of carbonyl (C=O) groups excluding carboxylic acids is 2. The van der Waals surface area contributed by atoms with Crippen molar-refractivity contribution in [2.45, 2.75) is 75.7 Å². The van der Waals surface area contributed by atoms with Gasteiger partial charge in [0.25, 0.3) is 0 Å². The lowest BCUT2D eigenvalue weighted by Gasteiger charge is -2.51. The molecule has 0 spiro atoms. The molecule has 0 aliphatic carbocycles. The highest BCUT2D eigenvalue weighted by atomic mass is 16.6. The number of aromatic nitrogens is 2. The maximum atomic E-state index is 13.5. The number of unbranched alkanes of at least 4 members (excludes halogenated alkanes) is 3. The molecule has 12 heteroatoms. The van der Waals surface area contributed by atoms with Crippen molar-refractivity contribution in [1.29, 1.82) is 0 Å². The van der Waals surface area contributed by atoms with Gasteiger partial charge in [-0.25, -0.2) is 9.59 Å². The van der Waals surface area contributed by atoms with E-state index in [1.165, 1.54) is 0 Å². The van der Waals surface area contributed by atoms with Crippen molar-refractivity contribution in [2.75, 3.05) is 53.5 Å². The van der Waals surface area contributed by atoms with Gasteiger partial charge in [-0.15, -0.1) is 13.2 Å². The summed E-state index contributed by atoms with van der Waals surface area (Å²) in [7, 11) is 3.31. The fourth-order valence-electron chi connectivity index (χ4n) is 10.4. The van der Waals surface area contributed by atoms with Crippen molar-refractivity contribution in [2.24, 2.45) is 23.7 Å². The van der Waals surface area contributed by atoms with E-state index in [0.29, 0.717) is 36.8 Å². The zero-order chi connectivity index (χ0) is 41.6. The molecule has 2 amide bonds. The molecule has 0 saturated carbocycles. The first-order valence-corrected chi connectivity index (χ1v) is 21.8. The lowest BCUT2D eigenvalue weighted by Crippen LogP contribution is -2.55. The average Bonchev–Trinajstić information content (AvgIpc) is 3.30. The SMILES string of the molecule is C=C[C@H]1CN2CC[C@H]1C[C@H]2[C@H](OC(=O)NCCCCCCNC(=O)O[C@H](c1ccnc2ccc(OC)cc12)[C@@H]1C[C@@H]2CCN1C[C@@H]2C=C)c1ccnc2ccc(OC)cc12. The molecule has 2 unspecified atom stereocenters. The molecule has 8 heterocycles. The minimum absolute atomic E-state index is 0.0597. The first-order valence-electron chi connectivity index (χ1n) is 21.8. The second kappa shape index (κ2) is 19.0. The summed E-state index contributed by atoms with van der Waals surface area (Å²) >= 11 is 0. The third-order valence-electron chi connectivity index (χ3n) is 13.7. The molecule has 10 atom stereocenters. The number of nitrogens with one attached hydrogen (secondary N) is 2. The van der Waals surface area contributed by atoms with Gasteiger partial charge in [-0.1, -0.05) is 25.0 Å². The number of nitrogens with zero attached hydrogens (tertiary/aromatic N) is 4. The zero-order valence-electron chi connectivity index (χ0n) is 35.1. The Balaban J connectivity index is 0.836. The van der Waals surface area contributed by atoms with Crippen LogP contribution in [0.1, 0.15) is 74.7 Å². The molecule has 6 saturated heterocycles. The summed E-state index contributed by atoms with van der Waals surface area (Å²) in [5.41, 5.74) is 3.56. The molecule has 2 aromatic carbocycles. The van der Waals surface area contributed by atoms with E-state index >= 15 is 0 Å². The van der Waals surface area contributed by atoms with Gasteiger partial charge in [0, 0.05) is 60.5 Å². The normalized spacial score (nSPS) is 26.5. The quantitative estimate of drug-likeness (QED) is 0.0793. The molecule has 10 rings (SSSR count). The molecule has 12 nitrogen and oxygen atoms in total. The summed E-state index contributed by atoms with van der Waals surface area (Å²) in [5.74, 6) is 3.42. The van der Waals surface area contributed by atoms with Gasteiger partial charge in [0.05, 0.1) is 37.3 Å². The number of carbonyl (C=O) groups is 2. The molecular weight excluding hydrogens is 757 g/mol. The van der Waals surface area contributed by atoms with Gasteiger partial charge in [-0.05, 0) is 124 Å². The molecule has 4 bridgehead atoms. The van der Waals surface area contributed by atoms with Gasteiger partial charge in [-0.3, -0.25) is 19.8 Å². The Bertz CT molecular complexity index is 2010. The number of alkyl carbamates (subject to hydrolysis) is 2. The summed E-state index contributed by atoms with van der Waals surface area (Å²) in [5, 5.41) is 7.90. The van der Waals surface area contributed by atoms with E-state index in [-0.39, 0.29) is 12.1 Å². The molecule has 0 radical (unpaired) electrons. The van der Waals surface area contributed by atoms with Gasteiger partial charge < -0.3 is 29.6 Å². The number of hydrogen-bond donors (Lipinski definition) is 2. The van der Waals surface area contributed by atoms with Gasteiger partial charge in [0.2, 0.25) is 0 Å². The number of piperidine rings is 6. The standard InChI is InChI=1S/C48H60N6O6/c1-5-31-29-53-23-17-33(31)25-43(53)45(37-15-21-49-41-13-11-35(57-3)27-39(37)41)59-47(55)51-19-9-7-8-10-20-52-48(56)60-46(44-26-34-18-24-54(44)30-32(34)6-2)38-16-22-50-42-14-12-36(58-4)28-40(38)42/h5-6,11-16,21-22,27-28,31-34,43-46H,1-2,7-10,17-20,23-26,29-30H2,3-4H3,(H,51,55)(H,52,56)/t31-,32-,33-,34-,43-,44-,45+,46+/m0/s1. The van der Waals surface area contributed by atoms with Crippen LogP contribution in [0.2, 0.25) is 0 Å². The minimum atomic E-state index is -0.462. The van der Waals surface area contributed by atoms with Crippen LogP contribution < -0.4 is 20.1 Å². The van der Waals surface area contributed by atoms with Crippen LogP contribution in [-0.4, -0.2) is 97.5 Å². The highest BCUT2D eigenvalue weighted by Crippen LogP contribution is 2.45. The molecule has 4 aromatic rings. The number of benzene rings is 2. The molecule has 6 aliphatic heterocycles. The summed E-state index contributed by atoms with van der Waals surface area (Å²) in [6.07, 6.45) is 13.5. The second-order valence-corrected chi connectivity index (χ2v) is 17.0. The maximum Gasteiger partial charge on any atom is 0.407 e. The Labute approximate surface area is 353 Å². The van der Waals surface area contributed by atoms with Crippen LogP contribution in [0.15, 0.2) is 86.2 Å². The van der Waals surface area contributed by atoms with Crippen molar-refractivity contribution in [3.05, 3.63) is 97.4 Å². The lowest BCUT2D eigenvalue weighted by atomic mass is 9.73. The average molecular weight is 817 g/mol. The van der Waals surface area contributed by atoms with E-state index in [2.05, 4.69) is 55.7 Å². The van der Waals surface area contributed by atoms with E-state index in [1.807, 2.05) is 48.5 Å². The summed E-state index contributed by atoms with van der Waals surface area (Å²) in [6, 6.07) is 15.8. The third-order valence-corrected chi connectivity index (χ3v) is 13.7. The van der Waals surface area contributed by atoms with E-state index in [9.17, 15) is 9.59 Å². The molecule has 60 heavy (non-hydrogen) atoms. The van der Waals surface area contributed by atoms with Gasteiger partial charge in [0.15, 0.2) is 0 Å². The molecule has 318 valence electrons. The smallest absolute Gasteiger partial charge is 0.407 e. The topological polar surface area (TPSA) is 127 Å². The van der Waals surface area contributed by atoms with Crippen molar-refractivity contribution in [1.82, 2.24) is 30.4 Å². The highest BCUT2D eigenvalue weighted by Gasteiger charge is 2.46. The van der Waals surface area contributed by atoms with Crippen LogP contribution in [0.25, 0.3) is 21.8 Å². The highest BCUT2D eigenvalue weighted by molar-refractivity contribution is 5.85. The fraction of sp³-hybridized carbons (Fsp3) is 0.500. The van der Waals surface area contributed by atoms with E-state index in [1.54, 1.807) is 26.6 Å². The number of amides is 2. The number of methoxy groups -OCH3 is 2. The van der Waals surface area contributed by atoms with E-state index in [4.69, 9.17) is 18.9 Å². The zero-order valence-corrected chi connectivity index (χ0v) is 35.1. The van der Waals surface area contributed by atoms with Gasteiger partial charge in [-0.2, -0.15) is 0 Å². The Hall–Kier alpha value is -5.20. The van der Waals surface area contributed by atoms with E-state index < -0.39 is 24.4 Å². The fourth-order valence-corrected chi connectivity index (χ4v) is 10.4. The maximum absolute atomic E-state index is 13.5. The Morgan fingerprint density at radius 2 is 1.15 bits per heavy atom. The van der Waals surface area contributed by atoms with Crippen molar-refractivity contribution < 1.29 is 28.5 Å². The van der Waals surface area contributed by atoms with Crippen LogP contribution in [0.3, 0.4) is 0 Å². The largest absolute Gasteiger partial charge is 0.497 e. The summed E-state index contributed by atoms with van der Waals surface area (Å²) in [4.78, 5) is 41.0. The monoisotopic (exact) mass is 816 g/mol. The molecular formula is C48H60N6O6. The van der Waals surface area contributed by atoms with Crippen molar-refractivity contribution in [3.63, 3.8) is 0 Å². The lowest BCUT2D eigenvalue weighted by molar-refractivity contribution is -0.0499. The van der Waals surface area contributed by atoms with Gasteiger partial charge >= 0.3 is 12.2 Å². The first-order chi connectivity index (χ1) is 29.4.